The van der Waals surface area contributed by atoms with Gasteiger partial charge in [0.2, 0.25) is 0 Å². The Balaban J connectivity index is 4.30. The summed E-state index contributed by atoms with van der Waals surface area (Å²) in [7, 11) is 0. The number of aliphatic hydroxyl groups excluding tert-OH is 5. The first-order valence-electron chi connectivity index (χ1n) is 5.07. The van der Waals surface area contributed by atoms with Gasteiger partial charge in [-0.25, -0.2) is 0 Å². The molecule has 0 radical (unpaired) electrons. The molecule has 0 rings (SSSR count). The van der Waals surface area contributed by atoms with Gasteiger partial charge >= 0.3 is 0 Å². The molecular formula is C9H22N2O5. The molecule has 98 valence electrons. The molecule has 0 spiro atoms. The first-order valence-corrected chi connectivity index (χ1v) is 5.07. The minimum absolute atomic E-state index is 0.0647. The lowest BCUT2D eigenvalue weighted by molar-refractivity contribution is -0.00472. The Kier molecular flexibility index (Phi) is 6.34. The monoisotopic (exact) mass is 238 g/mol. The van der Waals surface area contributed by atoms with Gasteiger partial charge in [-0.05, 0) is 12.8 Å². The lowest BCUT2D eigenvalue weighted by Crippen LogP contribution is -2.58. The lowest BCUT2D eigenvalue weighted by atomic mass is 9.87. The van der Waals surface area contributed by atoms with E-state index >= 15 is 0 Å². The van der Waals surface area contributed by atoms with Crippen LogP contribution in [0.2, 0.25) is 0 Å². The fraction of sp³-hybridized carbons (Fsp3) is 1.00. The second-order valence-electron chi connectivity index (χ2n) is 4.28. The van der Waals surface area contributed by atoms with Gasteiger partial charge in [0, 0.05) is 0 Å². The van der Waals surface area contributed by atoms with Crippen molar-refractivity contribution in [1.29, 1.82) is 0 Å². The summed E-state index contributed by atoms with van der Waals surface area (Å²) in [5, 5.41) is 45.3. The van der Waals surface area contributed by atoms with Crippen molar-refractivity contribution in [2.75, 3.05) is 26.4 Å². The first kappa shape index (κ1) is 15.7. The Morgan fingerprint density at radius 2 is 1.31 bits per heavy atom. The molecule has 1 unspecified atom stereocenters. The summed E-state index contributed by atoms with van der Waals surface area (Å²) in [6, 6.07) is 0. The Bertz CT molecular complexity index is 194. The van der Waals surface area contributed by atoms with Gasteiger partial charge in [-0.1, -0.05) is 0 Å². The molecular weight excluding hydrogens is 216 g/mol. The van der Waals surface area contributed by atoms with Crippen molar-refractivity contribution in [3.63, 3.8) is 0 Å². The average Bonchev–Trinajstić information content (AvgIpc) is 2.34. The van der Waals surface area contributed by atoms with Crippen molar-refractivity contribution in [1.82, 2.24) is 0 Å². The lowest BCUT2D eigenvalue weighted by Gasteiger charge is -2.33. The highest BCUT2D eigenvalue weighted by Gasteiger charge is 2.34. The minimum atomic E-state index is -1.49. The molecule has 0 aromatic carbocycles. The predicted octanol–water partition coefficient (Wildman–Crippen LogP) is -3.51. The van der Waals surface area contributed by atoms with Crippen LogP contribution in [0.1, 0.15) is 12.8 Å². The van der Waals surface area contributed by atoms with Crippen LogP contribution in [0.5, 0.6) is 0 Å². The first-order chi connectivity index (χ1) is 7.37. The van der Waals surface area contributed by atoms with Crippen LogP contribution >= 0.6 is 0 Å². The quantitative estimate of drug-likeness (QED) is 0.231. The molecule has 0 saturated carbocycles. The maximum absolute atomic E-state index is 9.66. The van der Waals surface area contributed by atoms with E-state index in [1.54, 1.807) is 0 Å². The normalized spacial score (nSPS) is 15.2. The molecule has 0 aliphatic rings. The zero-order chi connectivity index (χ0) is 12.8. The van der Waals surface area contributed by atoms with Crippen molar-refractivity contribution in [2.24, 2.45) is 11.5 Å². The van der Waals surface area contributed by atoms with Crippen LogP contribution in [-0.2, 0) is 0 Å². The molecule has 0 bridgehead atoms. The minimum Gasteiger partial charge on any atom is -0.394 e. The Hall–Kier alpha value is -0.280. The van der Waals surface area contributed by atoms with Crippen molar-refractivity contribution >= 4 is 0 Å². The third kappa shape index (κ3) is 3.95. The number of nitrogens with two attached hydrogens (primary N) is 2. The molecule has 7 heteroatoms. The second-order valence-corrected chi connectivity index (χ2v) is 4.28. The zero-order valence-electron chi connectivity index (χ0n) is 9.21. The van der Waals surface area contributed by atoms with Gasteiger partial charge in [0.05, 0.1) is 43.6 Å². The van der Waals surface area contributed by atoms with Gasteiger partial charge in [0.15, 0.2) is 0 Å². The molecule has 0 aromatic heterocycles. The van der Waals surface area contributed by atoms with Crippen molar-refractivity contribution < 1.29 is 25.5 Å². The van der Waals surface area contributed by atoms with Crippen LogP contribution in [0.25, 0.3) is 0 Å². The summed E-state index contributed by atoms with van der Waals surface area (Å²) in [5.74, 6) is 0. The van der Waals surface area contributed by atoms with E-state index in [-0.39, 0.29) is 12.8 Å². The van der Waals surface area contributed by atoms with E-state index in [0.717, 1.165) is 0 Å². The molecule has 0 aromatic rings. The molecule has 0 amide bonds. The number of aliphatic hydroxyl groups is 5. The Morgan fingerprint density at radius 3 is 1.62 bits per heavy atom. The van der Waals surface area contributed by atoms with Gasteiger partial charge in [-0.3, -0.25) is 0 Å². The summed E-state index contributed by atoms with van der Waals surface area (Å²) in [4.78, 5) is 0. The van der Waals surface area contributed by atoms with E-state index in [4.69, 9.17) is 31.9 Å². The molecule has 0 heterocycles. The van der Waals surface area contributed by atoms with Crippen molar-refractivity contribution in [3.05, 3.63) is 0 Å². The summed E-state index contributed by atoms with van der Waals surface area (Å²) in [6.07, 6.45) is -0.974. The standard InChI is InChI=1S/C9H22N2O5/c10-8(3-12,4-13)2-1-7(16)9(11,5-14)6-15/h7,12-16H,1-6,10-11H2. The smallest absolute Gasteiger partial charge is 0.0885 e. The molecule has 0 fully saturated rings. The zero-order valence-corrected chi connectivity index (χ0v) is 9.21. The molecule has 16 heavy (non-hydrogen) atoms. The summed E-state index contributed by atoms with van der Waals surface area (Å²) in [6.45, 7) is -1.99. The van der Waals surface area contributed by atoms with Gasteiger partial charge in [-0.2, -0.15) is 0 Å². The van der Waals surface area contributed by atoms with E-state index in [2.05, 4.69) is 0 Å². The molecule has 7 nitrogen and oxygen atoms in total. The maximum atomic E-state index is 9.66. The van der Waals surface area contributed by atoms with Crippen LogP contribution in [-0.4, -0.2) is 69.1 Å². The summed E-state index contributed by atoms with van der Waals surface area (Å²) < 4.78 is 0. The highest BCUT2D eigenvalue weighted by atomic mass is 16.3. The largest absolute Gasteiger partial charge is 0.394 e. The molecule has 9 N–H and O–H groups in total. The molecule has 0 aliphatic heterocycles. The van der Waals surface area contributed by atoms with Crippen LogP contribution in [0, 0.1) is 0 Å². The highest BCUT2D eigenvalue weighted by molar-refractivity contribution is 4.93. The van der Waals surface area contributed by atoms with Crippen LogP contribution in [0.3, 0.4) is 0 Å². The van der Waals surface area contributed by atoms with Crippen LogP contribution < -0.4 is 11.5 Å². The average molecular weight is 238 g/mol. The second kappa shape index (κ2) is 6.45. The predicted molar refractivity (Wildman–Crippen MR) is 57.4 cm³/mol. The SMILES string of the molecule is NC(CO)(CO)CCC(O)C(N)(CO)CO. The third-order valence-corrected chi connectivity index (χ3v) is 2.80. The van der Waals surface area contributed by atoms with Crippen LogP contribution in [0.15, 0.2) is 0 Å². The molecule has 0 aliphatic carbocycles. The van der Waals surface area contributed by atoms with Gasteiger partial charge in [0.1, 0.15) is 0 Å². The van der Waals surface area contributed by atoms with E-state index in [1.165, 1.54) is 0 Å². The highest BCUT2D eigenvalue weighted by Crippen LogP contribution is 2.16. The number of hydrogen-bond donors (Lipinski definition) is 7. The van der Waals surface area contributed by atoms with Gasteiger partial charge < -0.3 is 37.0 Å². The van der Waals surface area contributed by atoms with Gasteiger partial charge in [0.25, 0.3) is 0 Å². The third-order valence-electron chi connectivity index (χ3n) is 2.80. The van der Waals surface area contributed by atoms with E-state index < -0.39 is 43.6 Å². The Morgan fingerprint density at radius 1 is 0.875 bits per heavy atom. The summed E-state index contributed by atoms with van der Waals surface area (Å²) in [5.41, 5.74) is 8.45. The number of rotatable bonds is 8. The topological polar surface area (TPSA) is 153 Å². The van der Waals surface area contributed by atoms with Gasteiger partial charge in [-0.15, -0.1) is 0 Å². The molecule has 0 saturated heterocycles. The fourth-order valence-electron chi connectivity index (χ4n) is 1.18. The number of hydrogen-bond acceptors (Lipinski definition) is 7. The summed E-state index contributed by atoms with van der Waals surface area (Å²) >= 11 is 0. The van der Waals surface area contributed by atoms with E-state index in [9.17, 15) is 5.11 Å². The Labute approximate surface area is 94.3 Å². The molecule has 1 atom stereocenters. The fourth-order valence-corrected chi connectivity index (χ4v) is 1.18. The van der Waals surface area contributed by atoms with E-state index in [0.29, 0.717) is 0 Å². The van der Waals surface area contributed by atoms with Crippen molar-refractivity contribution in [2.45, 2.75) is 30.0 Å². The van der Waals surface area contributed by atoms with E-state index in [1.807, 2.05) is 0 Å². The van der Waals surface area contributed by atoms with Crippen LogP contribution in [0.4, 0.5) is 0 Å². The van der Waals surface area contributed by atoms with Crippen molar-refractivity contribution in [3.8, 4) is 0 Å². The maximum Gasteiger partial charge on any atom is 0.0885 e.